The highest BCUT2D eigenvalue weighted by Crippen LogP contribution is 2.47. The van der Waals surface area contributed by atoms with Crippen molar-refractivity contribution in [1.29, 1.82) is 0 Å². The lowest BCUT2D eigenvalue weighted by atomic mass is 9.86. The molecule has 170 valence electrons. The minimum absolute atomic E-state index is 0.00636. The van der Waals surface area contributed by atoms with Gasteiger partial charge in [-0.05, 0) is 51.7 Å². The minimum Gasteiger partial charge on any atom is -0.508 e. The number of Topliss-reactive ketones (excluding diaryl/α,β-unsaturated/α-hetero) is 1. The largest absolute Gasteiger partial charge is 0.508 e. The third kappa shape index (κ3) is 4.74. The molecule has 0 saturated carbocycles. The summed E-state index contributed by atoms with van der Waals surface area (Å²) in [5.41, 5.74) is 3.10. The maximum absolute atomic E-state index is 13.0. The first-order valence-corrected chi connectivity index (χ1v) is 10.6. The van der Waals surface area contributed by atoms with Crippen LogP contribution in [0.15, 0.2) is 48.1 Å². The Hall–Kier alpha value is -3.41. The van der Waals surface area contributed by atoms with E-state index in [-0.39, 0.29) is 46.7 Å². The number of aromatic hydroxyl groups is 3. The monoisotopic (exact) mass is 438 g/mol. The summed E-state index contributed by atoms with van der Waals surface area (Å²) >= 11 is 0. The maximum Gasteiger partial charge on any atom is 0.174 e. The lowest BCUT2D eigenvalue weighted by Crippen LogP contribution is -2.21. The normalized spacial score (nSPS) is 16.0. The van der Waals surface area contributed by atoms with Gasteiger partial charge in [-0.3, -0.25) is 4.79 Å². The third-order valence-corrected chi connectivity index (χ3v) is 5.79. The van der Waals surface area contributed by atoms with Gasteiger partial charge in [0.15, 0.2) is 5.78 Å². The van der Waals surface area contributed by atoms with E-state index in [9.17, 15) is 20.1 Å². The molecule has 0 bridgehead atoms. The summed E-state index contributed by atoms with van der Waals surface area (Å²) in [6, 6.07) is 5.95. The number of methoxy groups -OCH3 is 1. The molecule has 6 heteroatoms. The number of ketones is 1. The summed E-state index contributed by atoms with van der Waals surface area (Å²) in [6.07, 6.45) is 2.49. The van der Waals surface area contributed by atoms with Gasteiger partial charge in [-0.2, -0.15) is 0 Å². The van der Waals surface area contributed by atoms with Crippen LogP contribution in [0.4, 0.5) is 0 Å². The number of fused-ring (bicyclic) bond motifs is 1. The molecule has 2 atom stereocenters. The predicted octanol–water partition coefficient (Wildman–Crippen LogP) is 5.61. The predicted molar refractivity (Wildman–Crippen MR) is 123 cm³/mol. The van der Waals surface area contributed by atoms with Crippen molar-refractivity contribution in [2.45, 2.75) is 46.1 Å². The molecule has 1 aliphatic heterocycles. The van der Waals surface area contributed by atoms with Crippen LogP contribution in [0, 0.1) is 5.92 Å². The molecule has 2 aromatic rings. The Bertz CT molecular complexity index is 1080. The molecule has 3 rings (SSSR count). The van der Waals surface area contributed by atoms with Crippen LogP contribution < -0.4 is 9.47 Å². The van der Waals surface area contributed by atoms with Crippen molar-refractivity contribution in [1.82, 2.24) is 0 Å². The van der Waals surface area contributed by atoms with Crippen molar-refractivity contribution >= 4 is 5.78 Å². The van der Waals surface area contributed by atoms with E-state index in [1.165, 1.54) is 30.9 Å². The van der Waals surface area contributed by atoms with Crippen LogP contribution in [0.25, 0.3) is 0 Å². The fraction of sp³-hybridized carbons (Fsp3) is 0.346. The number of rotatable bonds is 7. The van der Waals surface area contributed by atoms with Gasteiger partial charge in [-0.15, -0.1) is 0 Å². The molecule has 0 aromatic heterocycles. The SMILES string of the molecule is C=C(C)C(CC=C(C)C)Cc1c(O)cc2c(c1O)C(=O)CC(c1ccc(O)cc1OC)O2. The molecule has 3 N–H and O–H groups in total. The van der Waals surface area contributed by atoms with Crippen molar-refractivity contribution < 1.29 is 29.6 Å². The van der Waals surface area contributed by atoms with E-state index in [1.807, 2.05) is 20.8 Å². The zero-order valence-corrected chi connectivity index (χ0v) is 18.9. The summed E-state index contributed by atoms with van der Waals surface area (Å²) in [6.45, 7) is 9.99. The summed E-state index contributed by atoms with van der Waals surface area (Å²) in [4.78, 5) is 13.0. The van der Waals surface area contributed by atoms with Gasteiger partial charge in [0.25, 0.3) is 0 Å². The molecule has 0 fully saturated rings. The van der Waals surface area contributed by atoms with Crippen LogP contribution in [0.3, 0.4) is 0 Å². The fourth-order valence-corrected chi connectivity index (χ4v) is 3.92. The van der Waals surface area contributed by atoms with Gasteiger partial charge in [0.2, 0.25) is 0 Å². The summed E-state index contributed by atoms with van der Waals surface area (Å²) in [5.74, 6) is -0.112. The van der Waals surface area contributed by atoms with Crippen LogP contribution in [-0.4, -0.2) is 28.2 Å². The molecule has 2 unspecified atom stereocenters. The van der Waals surface area contributed by atoms with Gasteiger partial charge < -0.3 is 24.8 Å². The molecule has 0 saturated heterocycles. The first-order chi connectivity index (χ1) is 15.1. The van der Waals surface area contributed by atoms with Gasteiger partial charge in [-0.25, -0.2) is 0 Å². The quantitative estimate of drug-likeness (QED) is 0.486. The number of phenols is 3. The van der Waals surface area contributed by atoms with Crippen LogP contribution in [0.5, 0.6) is 28.7 Å². The van der Waals surface area contributed by atoms with Crippen molar-refractivity contribution in [3.63, 3.8) is 0 Å². The van der Waals surface area contributed by atoms with E-state index in [0.717, 1.165) is 12.0 Å². The average molecular weight is 439 g/mol. The van der Waals surface area contributed by atoms with E-state index in [2.05, 4.69) is 12.7 Å². The van der Waals surface area contributed by atoms with Gasteiger partial charge in [-0.1, -0.05) is 23.8 Å². The molecular weight excluding hydrogens is 408 g/mol. The molecular formula is C26H30O6. The van der Waals surface area contributed by atoms with Gasteiger partial charge in [0.05, 0.1) is 13.5 Å². The number of carbonyl (C=O) groups is 1. The van der Waals surface area contributed by atoms with Gasteiger partial charge >= 0.3 is 0 Å². The second-order valence-electron chi connectivity index (χ2n) is 8.52. The Morgan fingerprint density at radius 3 is 2.59 bits per heavy atom. The molecule has 0 aliphatic carbocycles. The number of hydrogen-bond donors (Lipinski definition) is 3. The van der Waals surface area contributed by atoms with E-state index in [4.69, 9.17) is 9.47 Å². The Morgan fingerprint density at radius 1 is 1.25 bits per heavy atom. The Kier molecular flexibility index (Phi) is 6.82. The van der Waals surface area contributed by atoms with Crippen molar-refractivity contribution in [2.24, 2.45) is 5.92 Å². The van der Waals surface area contributed by atoms with Crippen LogP contribution >= 0.6 is 0 Å². The molecule has 0 radical (unpaired) electrons. The summed E-state index contributed by atoms with van der Waals surface area (Å²) in [5, 5.41) is 31.3. The maximum atomic E-state index is 13.0. The Balaban J connectivity index is 1.96. The highest BCUT2D eigenvalue weighted by Gasteiger charge is 2.34. The van der Waals surface area contributed by atoms with Crippen molar-refractivity contribution in [2.75, 3.05) is 7.11 Å². The smallest absolute Gasteiger partial charge is 0.174 e. The first kappa shape index (κ1) is 23.3. The lowest BCUT2D eigenvalue weighted by molar-refractivity contribution is 0.0841. The number of phenolic OH excluding ortho intramolecular Hbond substituents is 3. The topological polar surface area (TPSA) is 96.2 Å². The second kappa shape index (κ2) is 9.39. The number of ether oxygens (including phenoxy) is 2. The molecule has 0 amide bonds. The fourth-order valence-electron chi connectivity index (χ4n) is 3.92. The van der Waals surface area contributed by atoms with Crippen molar-refractivity contribution in [3.05, 3.63) is 64.8 Å². The number of carbonyl (C=O) groups excluding carboxylic acids is 1. The van der Waals surface area contributed by atoms with E-state index in [0.29, 0.717) is 23.3 Å². The zero-order valence-electron chi connectivity index (χ0n) is 18.9. The molecule has 0 spiro atoms. The summed E-state index contributed by atoms with van der Waals surface area (Å²) in [7, 11) is 1.47. The standard InChI is InChI=1S/C26H30O6/c1-14(2)6-7-16(15(3)4)10-19-20(28)12-24-25(26(19)30)21(29)13-23(32-24)18-9-8-17(27)11-22(18)31-5/h6,8-9,11-12,16,23,27-28,30H,3,7,10,13H2,1-2,4-5H3. The number of benzene rings is 2. The molecule has 1 heterocycles. The average Bonchev–Trinajstić information content (AvgIpc) is 2.71. The number of hydrogen-bond acceptors (Lipinski definition) is 6. The zero-order chi connectivity index (χ0) is 23.6. The highest BCUT2D eigenvalue weighted by atomic mass is 16.5. The van der Waals surface area contributed by atoms with Crippen molar-refractivity contribution in [3.8, 4) is 28.7 Å². The summed E-state index contributed by atoms with van der Waals surface area (Å²) < 4.78 is 11.3. The highest BCUT2D eigenvalue weighted by molar-refractivity contribution is 6.03. The molecule has 6 nitrogen and oxygen atoms in total. The van der Waals surface area contributed by atoms with Crippen LogP contribution in [0.2, 0.25) is 0 Å². The molecule has 2 aromatic carbocycles. The Labute approximate surface area is 188 Å². The van der Waals surface area contributed by atoms with Gasteiger partial charge in [0, 0.05) is 23.3 Å². The third-order valence-electron chi connectivity index (χ3n) is 5.79. The molecule has 32 heavy (non-hydrogen) atoms. The Morgan fingerprint density at radius 2 is 1.97 bits per heavy atom. The molecule has 1 aliphatic rings. The van der Waals surface area contributed by atoms with Crippen LogP contribution in [-0.2, 0) is 6.42 Å². The first-order valence-electron chi connectivity index (χ1n) is 10.6. The minimum atomic E-state index is -0.670. The van der Waals surface area contributed by atoms with E-state index in [1.54, 1.807) is 6.07 Å². The van der Waals surface area contributed by atoms with E-state index < -0.39 is 6.10 Å². The van der Waals surface area contributed by atoms with Crippen LogP contribution in [0.1, 0.15) is 61.2 Å². The van der Waals surface area contributed by atoms with Gasteiger partial charge in [0.1, 0.15) is 40.4 Å². The van der Waals surface area contributed by atoms with E-state index >= 15 is 0 Å². The lowest BCUT2D eigenvalue weighted by Gasteiger charge is -2.28. The number of allylic oxidation sites excluding steroid dienone is 3. The second-order valence-corrected chi connectivity index (χ2v) is 8.52.